The summed E-state index contributed by atoms with van der Waals surface area (Å²) < 4.78 is 10.5. The van der Waals surface area contributed by atoms with Crippen LogP contribution >= 0.6 is 11.6 Å². The van der Waals surface area contributed by atoms with E-state index in [2.05, 4.69) is 5.32 Å². The van der Waals surface area contributed by atoms with Crippen LogP contribution in [0.1, 0.15) is 12.0 Å². The maximum atomic E-state index is 11.9. The molecule has 1 aliphatic heterocycles. The van der Waals surface area contributed by atoms with Crippen LogP contribution in [-0.4, -0.2) is 20.1 Å². The number of ether oxygens (including phenoxy) is 2. The van der Waals surface area contributed by atoms with E-state index in [9.17, 15) is 4.79 Å². The molecule has 0 spiro atoms. The predicted octanol–water partition coefficient (Wildman–Crippen LogP) is 2.38. The molecule has 1 atom stereocenters. The van der Waals surface area contributed by atoms with Crippen LogP contribution in [0.15, 0.2) is 6.07 Å². The van der Waals surface area contributed by atoms with Crippen LogP contribution in [0, 0.1) is 17.2 Å². The maximum absolute atomic E-state index is 11.9. The van der Waals surface area contributed by atoms with E-state index in [1.807, 2.05) is 6.07 Å². The second-order valence-electron chi connectivity index (χ2n) is 4.20. The van der Waals surface area contributed by atoms with Crippen LogP contribution in [0.3, 0.4) is 0 Å². The molecule has 0 bridgehead atoms. The van der Waals surface area contributed by atoms with Crippen molar-refractivity contribution in [3.63, 3.8) is 0 Å². The first-order valence-electron chi connectivity index (χ1n) is 5.73. The Hall–Kier alpha value is -1.93. The van der Waals surface area contributed by atoms with Crippen LogP contribution < -0.4 is 14.8 Å². The lowest BCUT2D eigenvalue weighted by Crippen LogP contribution is -2.30. The summed E-state index contributed by atoms with van der Waals surface area (Å²) >= 11 is 6.08. The molecule has 100 valence electrons. The number of rotatable bonds is 3. The number of hydrogen-bond acceptors (Lipinski definition) is 4. The lowest BCUT2D eigenvalue weighted by molar-refractivity contribution is -0.120. The van der Waals surface area contributed by atoms with Crippen molar-refractivity contribution < 1.29 is 14.3 Å². The summed E-state index contributed by atoms with van der Waals surface area (Å²) in [5, 5.41) is 11.9. The first kappa shape index (κ1) is 13.5. The molecule has 1 aromatic rings. The van der Waals surface area contributed by atoms with Crippen molar-refractivity contribution in [2.45, 2.75) is 12.8 Å². The number of carbonyl (C=O) groups excluding carboxylic acids is 1. The SMILES string of the molecule is COc1cc(Cl)c(OC)c2c1CC(CC#N)C(=O)N2. The maximum Gasteiger partial charge on any atom is 0.228 e. The number of carbonyl (C=O) groups is 1. The van der Waals surface area contributed by atoms with Crippen molar-refractivity contribution in [2.24, 2.45) is 5.92 Å². The Morgan fingerprint density at radius 1 is 1.53 bits per heavy atom. The third kappa shape index (κ3) is 2.32. The minimum absolute atomic E-state index is 0.166. The summed E-state index contributed by atoms with van der Waals surface area (Å²) in [6.45, 7) is 0. The number of halogens is 1. The lowest BCUT2D eigenvalue weighted by atomic mass is 9.90. The van der Waals surface area contributed by atoms with Crippen molar-refractivity contribution in [3.8, 4) is 17.6 Å². The average molecular weight is 281 g/mol. The summed E-state index contributed by atoms with van der Waals surface area (Å²) in [7, 11) is 3.02. The van der Waals surface area contributed by atoms with E-state index < -0.39 is 0 Å². The molecule has 1 N–H and O–H groups in total. The van der Waals surface area contributed by atoms with Gasteiger partial charge >= 0.3 is 0 Å². The number of hydrogen-bond donors (Lipinski definition) is 1. The minimum atomic E-state index is -0.378. The van der Waals surface area contributed by atoms with Crippen molar-refractivity contribution in [1.82, 2.24) is 0 Å². The quantitative estimate of drug-likeness (QED) is 0.923. The molecule has 0 saturated heterocycles. The van der Waals surface area contributed by atoms with Crippen molar-refractivity contribution in [3.05, 3.63) is 16.7 Å². The van der Waals surface area contributed by atoms with Gasteiger partial charge in [-0.2, -0.15) is 5.26 Å². The smallest absolute Gasteiger partial charge is 0.228 e. The van der Waals surface area contributed by atoms with E-state index in [0.29, 0.717) is 28.6 Å². The van der Waals surface area contributed by atoms with Gasteiger partial charge in [-0.05, 0) is 6.42 Å². The van der Waals surface area contributed by atoms with Crippen molar-refractivity contribution in [1.29, 1.82) is 5.26 Å². The van der Waals surface area contributed by atoms with Gasteiger partial charge in [0.15, 0.2) is 5.75 Å². The standard InChI is InChI=1S/C13H13ClN2O3/c1-18-10-6-9(14)12(19-2)11-8(10)5-7(3-4-15)13(17)16-11/h6-7H,3,5H2,1-2H3,(H,16,17). The Labute approximate surface area is 116 Å². The van der Waals surface area contributed by atoms with E-state index in [-0.39, 0.29) is 18.2 Å². The van der Waals surface area contributed by atoms with Gasteiger partial charge in [0.25, 0.3) is 0 Å². The highest BCUT2D eigenvalue weighted by molar-refractivity contribution is 6.33. The van der Waals surface area contributed by atoms with E-state index in [1.54, 1.807) is 6.07 Å². The number of nitriles is 1. The van der Waals surface area contributed by atoms with Gasteiger partial charge in [-0.1, -0.05) is 11.6 Å². The van der Waals surface area contributed by atoms with Gasteiger partial charge in [-0.25, -0.2) is 0 Å². The molecule has 0 aliphatic carbocycles. The summed E-state index contributed by atoms with van der Waals surface area (Å²) in [5.41, 5.74) is 1.34. The van der Waals surface area contributed by atoms with Crippen molar-refractivity contribution in [2.75, 3.05) is 19.5 Å². The third-order valence-electron chi connectivity index (χ3n) is 3.13. The number of nitrogens with zero attached hydrogens (tertiary/aromatic N) is 1. The second kappa shape index (κ2) is 5.37. The van der Waals surface area contributed by atoms with Gasteiger partial charge in [-0.15, -0.1) is 0 Å². The van der Waals surface area contributed by atoms with E-state index in [0.717, 1.165) is 5.56 Å². The molecule has 19 heavy (non-hydrogen) atoms. The molecule has 0 aromatic heterocycles. The molecular weight excluding hydrogens is 268 g/mol. The Morgan fingerprint density at radius 3 is 2.84 bits per heavy atom. The molecule has 0 saturated carbocycles. The fourth-order valence-corrected chi connectivity index (χ4v) is 2.47. The molecule has 5 nitrogen and oxygen atoms in total. The number of benzene rings is 1. The van der Waals surface area contributed by atoms with Crippen molar-refractivity contribution >= 4 is 23.2 Å². The molecule has 2 rings (SSSR count). The number of nitrogens with one attached hydrogen (secondary N) is 1. The van der Waals surface area contributed by atoms with E-state index in [4.69, 9.17) is 26.3 Å². The average Bonchev–Trinajstić information content (AvgIpc) is 2.39. The largest absolute Gasteiger partial charge is 0.496 e. The zero-order chi connectivity index (χ0) is 14.0. The fraction of sp³-hybridized carbons (Fsp3) is 0.385. The Morgan fingerprint density at radius 2 is 2.26 bits per heavy atom. The number of amides is 1. The Kier molecular flexibility index (Phi) is 3.82. The van der Waals surface area contributed by atoms with Crippen LogP contribution in [0.5, 0.6) is 11.5 Å². The summed E-state index contributed by atoms with van der Waals surface area (Å²) in [6, 6.07) is 3.67. The second-order valence-corrected chi connectivity index (χ2v) is 4.61. The summed E-state index contributed by atoms with van der Waals surface area (Å²) in [5.74, 6) is 0.430. The number of fused-ring (bicyclic) bond motifs is 1. The molecule has 0 radical (unpaired) electrons. The zero-order valence-electron chi connectivity index (χ0n) is 10.6. The summed E-state index contributed by atoms with van der Waals surface area (Å²) in [4.78, 5) is 11.9. The number of anilines is 1. The normalized spacial score (nSPS) is 17.2. The topological polar surface area (TPSA) is 71.3 Å². The lowest BCUT2D eigenvalue weighted by Gasteiger charge is -2.26. The van der Waals surface area contributed by atoms with E-state index >= 15 is 0 Å². The van der Waals surface area contributed by atoms with Gasteiger partial charge in [0.1, 0.15) is 5.75 Å². The molecule has 0 fully saturated rings. The molecule has 1 heterocycles. The Bertz CT molecular complexity index is 566. The predicted molar refractivity (Wildman–Crippen MR) is 70.6 cm³/mol. The fourth-order valence-electron chi connectivity index (χ4n) is 2.20. The van der Waals surface area contributed by atoms with Crippen LogP contribution in [-0.2, 0) is 11.2 Å². The highest BCUT2D eigenvalue weighted by Crippen LogP contribution is 2.45. The molecule has 1 aromatic carbocycles. The summed E-state index contributed by atoms with van der Waals surface area (Å²) in [6.07, 6.45) is 0.602. The first-order valence-corrected chi connectivity index (χ1v) is 6.11. The van der Waals surface area contributed by atoms with Crippen LogP contribution in [0.25, 0.3) is 0 Å². The van der Waals surface area contributed by atoms with Gasteiger partial charge < -0.3 is 14.8 Å². The van der Waals surface area contributed by atoms with Crippen LogP contribution in [0.2, 0.25) is 5.02 Å². The third-order valence-corrected chi connectivity index (χ3v) is 3.41. The molecule has 6 heteroatoms. The van der Waals surface area contributed by atoms with Gasteiger partial charge in [0.2, 0.25) is 5.91 Å². The van der Waals surface area contributed by atoms with Gasteiger partial charge in [-0.3, -0.25) is 4.79 Å². The highest BCUT2D eigenvalue weighted by Gasteiger charge is 2.31. The van der Waals surface area contributed by atoms with Crippen LogP contribution in [0.4, 0.5) is 5.69 Å². The molecular formula is C13H13ClN2O3. The molecule has 1 aliphatic rings. The first-order chi connectivity index (χ1) is 9.12. The molecule has 1 amide bonds. The van der Waals surface area contributed by atoms with Gasteiger partial charge in [0, 0.05) is 18.1 Å². The zero-order valence-corrected chi connectivity index (χ0v) is 11.4. The minimum Gasteiger partial charge on any atom is -0.496 e. The number of methoxy groups -OCH3 is 2. The highest BCUT2D eigenvalue weighted by atomic mass is 35.5. The monoisotopic (exact) mass is 280 g/mol. The van der Waals surface area contributed by atoms with Gasteiger partial charge in [0.05, 0.1) is 36.9 Å². The van der Waals surface area contributed by atoms with E-state index in [1.165, 1.54) is 14.2 Å². The Balaban J connectivity index is 2.54. The molecule has 1 unspecified atom stereocenters.